The predicted molar refractivity (Wildman–Crippen MR) is 222 cm³/mol. The molecule has 0 aliphatic heterocycles. The molecule has 2 spiro atoms. The van der Waals surface area contributed by atoms with Crippen LogP contribution in [-0.2, 0) is 21.7 Å². The normalized spacial score (nSPS) is 30.2. The van der Waals surface area contributed by atoms with Gasteiger partial charge in [-0.15, -0.1) is 0 Å². The van der Waals surface area contributed by atoms with Crippen molar-refractivity contribution in [1.29, 1.82) is 0 Å². The second-order valence-electron chi connectivity index (χ2n) is 20.5. The van der Waals surface area contributed by atoms with Gasteiger partial charge in [-0.25, -0.2) is 0 Å². The monoisotopic (exact) mass is 693 g/mol. The van der Waals surface area contributed by atoms with Gasteiger partial charge in [0.15, 0.2) is 0 Å². The van der Waals surface area contributed by atoms with Gasteiger partial charge in [0.2, 0.25) is 0 Å². The molecule has 0 aromatic heterocycles. The Hall–Kier alpha value is -4.10. The fourth-order valence-corrected chi connectivity index (χ4v) is 13.6. The quantitative estimate of drug-likeness (QED) is 0.181. The fraction of sp³-hybridized carbons (Fsp3) is 0.423. The maximum Gasteiger partial charge on any atom is 0.0464 e. The Morgan fingerprint density at radius 3 is 1.89 bits per heavy atom. The summed E-state index contributed by atoms with van der Waals surface area (Å²) in [5.74, 6) is 3.65. The highest BCUT2D eigenvalue weighted by atomic mass is 15.1. The predicted octanol–water partition coefficient (Wildman–Crippen LogP) is 13.8. The highest BCUT2D eigenvalue weighted by molar-refractivity contribution is 5.86. The minimum atomic E-state index is 0.111. The molecular weight excluding hydrogens is 639 g/mol. The summed E-state index contributed by atoms with van der Waals surface area (Å²) in [6.45, 7) is 16.6. The maximum absolute atomic E-state index is 2.63. The van der Waals surface area contributed by atoms with Crippen LogP contribution in [0.3, 0.4) is 0 Å². The van der Waals surface area contributed by atoms with Crippen LogP contribution in [0.25, 0.3) is 22.3 Å². The summed E-state index contributed by atoms with van der Waals surface area (Å²) in [6.07, 6.45) is 8.37. The molecule has 11 rings (SSSR count). The molecule has 2 bridgehead atoms. The van der Waals surface area contributed by atoms with Crippen LogP contribution in [0, 0.1) is 29.1 Å². The fourth-order valence-electron chi connectivity index (χ4n) is 13.6. The van der Waals surface area contributed by atoms with E-state index in [0.717, 1.165) is 23.7 Å². The van der Waals surface area contributed by atoms with Crippen molar-refractivity contribution < 1.29 is 0 Å². The van der Waals surface area contributed by atoms with Gasteiger partial charge >= 0.3 is 0 Å². The first-order chi connectivity index (χ1) is 25.3. The van der Waals surface area contributed by atoms with E-state index in [4.69, 9.17) is 0 Å². The zero-order valence-corrected chi connectivity index (χ0v) is 32.9. The molecule has 1 nitrogen and oxygen atoms in total. The lowest BCUT2D eigenvalue weighted by Gasteiger charge is -2.76. The molecule has 268 valence electrons. The molecule has 0 heterocycles. The Bertz CT molecular complexity index is 2320. The van der Waals surface area contributed by atoms with Crippen molar-refractivity contribution in [2.75, 3.05) is 4.90 Å². The first-order valence-electron chi connectivity index (χ1n) is 20.7. The molecule has 0 radical (unpaired) electrons. The molecular formula is C52H55N. The van der Waals surface area contributed by atoms with Gasteiger partial charge in [-0.1, -0.05) is 115 Å². The molecule has 4 saturated carbocycles. The lowest BCUT2D eigenvalue weighted by atomic mass is 9.27. The topological polar surface area (TPSA) is 3.24 Å². The molecule has 5 aromatic carbocycles. The molecule has 0 amide bonds. The van der Waals surface area contributed by atoms with Crippen molar-refractivity contribution in [3.8, 4) is 22.3 Å². The highest BCUT2D eigenvalue weighted by Gasteiger charge is 2.84. The molecule has 0 N–H and O–H groups in total. The van der Waals surface area contributed by atoms with E-state index in [1.807, 2.05) is 0 Å². The van der Waals surface area contributed by atoms with Crippen LogP contribution in [0.4, 0.5) is 17.1 Å². The van der Waals surface area contributed by atoms with Crippen LogP contribution in [0.5, 0.6) is 0 Å². The molecule has 53 heavy (non-hydrogen) atoms. The van der Waals surface area contributed by atoms with Gasteiger partial charge in [-0.05, 0) is 176 Å². The summed E-state index contributed by atoms with van der Waals surface area (Å²) in [6, 6.07) is 43.1. The zero-order valence-electron chi connectivity index (χ0n) is 32.9. The third kappa shape index (κ3) is 4.10. The largest absolute Gasteiger partial charge is 0.310 e. The maximum atomic E-state index is 2.63. The van der Waals surface area contributed by atoms with E-state index in [1.54, 1.807) is 11.1 Å². The minimum absolute atomic E-state index is 0.111. The molecule has 5 aromatic rings. The van der Waals surface area contributed by atoms with E-state index in [0.29, 0.717) is 5.41 Å². The number of rotatable bonds is 4. The molecule has 6 atom stereocenters. The highest BCUT2D eigenvalue weighted by Crippen LogP contribution is 2.89. The number of hydrogen-bond donors (Lipinski definition) is 0. The minimum Gasteiger partial charge on any atom is -0.310 e. The second kappa shape index (κ2) is 10.3. The summed E-state index contributed by atoms with van der Waals surface area (Å²) >= 11 is 0. The zero-order chi connectivity index (χ0) is 36.3. The molecule has 6 aliphatic rings. The van der Waals surface area contributed by atoms with E-state index in [1.165, 1.54) is 94.5 Å². The van der Waals surface area contributed by atoms with Crippen LogP contribution in [0.15, 0.2) is 109 Å². The summed E-state index contributed by atoms with van der Waals surface area (Å²) in [5, 5.41) is 0. The van der Waals surface area contributed by atoms with Crippen LogP contribution in [0.2, 0.25) is 0 Å². The molecule has 0 saturated heterocycles. The van der Waals surface area contributed by atoms with Crippen LogP contribution in [0.1, 0.15) is 115 Å². The van der Waals surface area contributed by atoms with E-state index >= 15 is 0 Å². The van der Waals surface area contributed by atoms with Crippen molar-refractivity contribution in [3.63, 3.8) is 0 Å². The summed E-state index contributed by atoms with van der Waals surface area (Å²) in [4.78, 5) is 2.48. The number of nitrogens with zero attached hydrogens (tertiary/aromatic N) is 1. The van der Waals surface area contributed by atoms with E-state index in [9.17, 15) is 0 Å². The lowest BCUT2D eigenvalue weighted by molar-refractivity contribution is -0.231. The van der Waals surface area contributed by atoms with Crippen molar-refractivity contribution in [2.24, 2.45) is 29.1 Å². The summed E-state index contributed by atoms with van der Waals surface area (Å²) in [5.41, 5.74) is 18.4. The van der Waals surface area contributed by atoms with Gasteiger partial charge in [0.05, 0.1) is 0 Å². The van der Waals surface area contributed by atoms with Gasteiger partial charge in [0.25, 0.3) is 0 Å². The smallest absolute Gasteiger partial charge is 0.0464 e. The number of anilines is 3. The van der Waals surface area contributed by atoms with Crippen molar-refractivity contribution in [1.82, 2.24) is 0 Å². The second-order valence-corrected chi connectivity index (χ2v) is 20.5. The van der Waals surface area contributed by atoms with Crippen molar-refractivity contribution in [3.05, 3.63) is 137 Å². The van der Waals surface area contributed by atoms with Crippen LogP contribution >= 0.6 is 0 Å². The third-order valence-electron chi connectivity index (χ3n) is 16.2. The van der Waals surface area contributed by atoms with Gasteiger partial charge in [0, 0.05) is 22.5 Å². The Labute approximate surface area is 317 Å². The third-order valence-corrected chi connectivity index (χ3v) is 16.2. The molecule has 6 aliphatic carbocycles. The van der Waals surface area contributed by atoms with Crippen molar-refractivity contribution >= 4 is 17.1 Å². The SMILES string of the molecule is CC(C)(C)c1ccc(N(c2ccc(-c3ccc4c(c3)C3(c5ccccc5-4)C4CC5CC6CC3C64C5)cc2)c2ccc3c(c2)C(C)(C)CCC3(C)C)cc1. The van der Waals surface area contributed by atoms with E-state index in [2.05, 4.69) is 163 Å². The van der Waals surface area contributed by atoms with E-state index in [-0.39, 0.29) is 21.7 Å². The van der Waals surface area contributed by atoms with Crippen LogP contribution < -0.4 is 4.90 Å². The van der Waals surface area contributed by atoms with Crippen LogP contribution in [-0.4, -0.2) is 0 Å². The Morgan fingerprint density at radius 2 is 1.17 bits per heavy atom. The van der Waals surface area contributed by atoms with E-state index < -0.39 is 0 Å². The van der Waals surface area contributed by atoms with Gasteiger partial charge in [-0.2, -0.15) is 0 Å². The van der Waals surface area contributed by atoms with Gasteiger partial charge in [-0.3, -0.25) is 0 Å². The molecule has 1 heteroatoms. The first kappa shape index (κ1) is 32.3. The number of fused-ring (bicyclic) bond motifs is 9. The first-order valence-corrected chi connectivity index (χ1v) is 20.7. The summed E-state index contributed by atoms with van der Waals surface area (Å²) in [7, 11) is 0. The Kier molecular flexibility index (Phi) is 6.31. The average Bonchev–Trinajstić information content (AvgIpc) is 3.77. The average molecular weight is 694 g/mol. The number of benzene rings is 5. The lowest BCUT2D eigenvalue weighted by Crippen LogP contribution is -2.73. The standard InChI is InChI=1S/C52H55N/c1-48(2,3)35-15-19-38(20-16-35)53(39-21-23-43-45(30-39)50(6,7)25-24-49(43,4)5)37-17-12-33(13-18-37)34-14-22-41-40-10-8-9-11-42(40)52(44(41)28-34)46-27-32-26-36-29-47(52)51(36,46)31-32/h8-23,28,30,32,36,46-47H,24-27,29,31H2,1-7H3. The van der Waals surface area contributed by atoms with Crippen molar-refractivity contribution in [2.45, 2.75) is 109 Å². The summed E-state index contributed by atoms with van der Waals surface area (Å²) < 4.78 is 0. The molecule has 6 unspecified atom stereocenters. The molecule has 4 fully saturated rings. The Balaban J connectivity index is 0.998. The number of hydrogen-bond acceptors (Lipinski definition) is 1. The Morgan fingerprint density at radius 1 is 0.547 bits per heavy atom. The van der Waals surface area contributed by atoms with Gasteiger partial charge < -0.3 is 4.90 Å². The van der Waals surface area contributed by atoms with Gasteiger partial charge in [0.1, 0.15) is 0 Å².